The molecule has 1 atom stereocenters. The van der Waals surface area contributed by atoms with Crippen molar-refractivity contribution in [3.63, 3.8) is 0 Å². The zero-order chi connectivity index (χ0) is 16.9. The molecule has 1 amide bonds. The largest absolute Gasteiger partial charge is 0.456 e. The van der Waals surface area contributed by atoms with E-state index in [4.69, 9.17) is 16.3 Å². The molecule has 1 aromatic heterocycles. The topological polar surface area (TPSA) is 54.5 Å². The molecule has 1 aromatic carbocycles. The highest BCUT2D eigenvalue weighted by molar-refractivity contribution is 6.32. The van der Waals surface area contributed by atoms with Gasteiger partial charge in [-0.15, -0.1) is 0 Å². The van der Waals surface area contributed by atoms with E-state index in [1.54, 1.807) is 42.7 Å². The maximum Gasteiger partial charge on any atom is 0.254 e. The molecule has 2 heterocycles. The quantitative estimate of drug-likeness (QED) is 0.902. The Balaban J connectivity index is 1.75. The summed E-state index contributed by atoms with van der Waals surface area (Å²) in [6.07, 6.45) is 5.37. The maximum absolute atomic E-state index is 12.7. The van der Waals surface area contributed by atoms with Crippen LogP contribution in [0.5, 0.6) is 11.5 Å². The SMILES string of the molecule is CNCC1CCCN1C(=O)c1ccc(Oc2ccncc2)c(Cl)c1. The van der Waals surface area contributed by atoms with Crippen LogP contribution in [-0.2, 0) is 0 Å². The fraction of sp³-hybridized carbons (Fsp3) is 0.333. The van der Waals surface area contributed by atoms with E-state index in [0.717, 1.165) is 25.9 Å². The summed E-state index contributed by atoms with van der Waals surface area (Å²) >= 11 is 6.30. The number of carbonyl (C=O) groups is 1. The summed E-state index contributed by atoms with van der Waals surface area (Å²) in [7, 11) is 1.91. The van der Waals surface area contributed by atoms with Crippen LogP contribution in [0.3, 0.4) is 0 Å². The van der Waals surface area contributed by atoms with E-state index in [-0.39, 0.29) is 11.9 Å². The lowest BCUT2D eigenvalue weighted by Gasteiger charge is -2.24. The van der Waals surface area contributed by atoms with Gasteiger partial charge in [-0.3, -0.25) is 9.78 Å². The number of halogens is 1. The molecule has 1 unspecified atom stereocenters. The van der Waals surface area contributed by atoms with Crippen LogP contribution in [0.1, 0.15) is 23.2 Å². The van der Waals surface area contributed by atoms with Crippen LogP contribution in [0.2, 0.25) is 5.02 Å². The number of ether oxygens (including phenoxy) is 1. The number of likely N-dealkylation sites (N-methyl/N-ethyl adjacent to an activating group) is 1. The van der Waals surface area contributed by atoms with E-state index < -0.39 is 0 Å². The molecule has 1 aliphatic heterocycles. The molecule has 1 saturated heterocycles. The second kappa shape index (κ2) is 7.64. The van der Waals surface area contributed by atoms with Crippen molar-refractivity contribution < 1.29 is 9.53 Å². The average molecular weight is 346 g/mol. The Hall–Kier alpha value is -2.11. The Morgan fingerprint density at radius 3 is 2.88 bits per heavy atom. The van der Waals surface area contributed by atoms with E-state index in [9.17, 15) is 4.79 Å². The minimum atomic E-state index is 0.0186. The van der Waals surface area contributed by atoms with Crippen molar-refractivity contribution >= 4 is 17.5 Å². The van der Waals surface area contributed by atoms with Crippen molar-refractivity contribution in [1.82, 2.24) is 15.2 Å². The number of hydrogen-bond acceptors (Lipinski definition) is 4. The van der Waals surface area contributed by atoms with Crippen molar-refractivity contribution in [3.8, 4) is 11.5 Å². The lowest BCUT2D eigenvalue weighted by molar-refractivity contribution is 0.0737. The molecule has 0 aliphatic carbocycles. The number of amides is 1. The van der Waals surface area contributed by atoms with Crippen LogP contribution in [0, 0.1) is 0 Å². The second-order valence-electron chi connectivity index (χ2n) is 5.78. The summed E-state index contributed by atoms with van der Waals surface area (Å²) < 4.78 is 5.72. The number of nitrogens with zero attached hydrogens (tertiary/aromatic N) is 2. The van der Waals surface area contributed by atoms with E-state index in [1.807, 2.05) is 11.9 Å². The molecule has 1 N–H and O–H groups in total. The highest BCUT2D eigenvalue weighted by atomic mass is 35.5. The monoisotopic (exact) mass is 345 g/mol. The summed E-state index contributed by atoms with van der Waals surface area (Å²) in [5.41, 5.74) is 0.588. The average Bonchev–Trinajstić information content (AvgIpc) is 3.05. The Labute approximate surface area is 146 Å². The van der Waals surface area contributed by atoms with Gasteiger partial charge in [-0.05, 0) is 50.2 Å². The number of likely N-dealkylation sites (tertiary alicyclic amines) is 1. The number of pyridine rings is 1. The molecule has 0 saturated carbocycles. The van der Waals surface area contributed by atoms with Gasteiger partial charge in [0.1, 0.15) is 11.5 Å². The molecule has 2 aromatic rings. The molecule has 24 heavy (non-hydrogen) atoms. The van der Waals surface area contributed by atoms with Gasteiger partial charge in [0.25, 0.3) is 5.91 Å². The van der Waals surface area contributed by atoms with Crippen LogP contribution in [-0.4, -0.2) is 42.0 Å². The molecule has 0 bridgehead atoms. The molecule has 126 valence electrons. The van der Waals surface area contributed by atoms with Crippen molar-refractivity contribution in [2.24, 2.45) is 0 Å². The molecule has 0 spiro atoms. The Morgan fingerprint density at radius 1 is 1.38 bits per heavy atom. The molecule has 1 aliphatic rings. The molecular weight excluding hydrogens is 326 g/mol. The Morgan fingerprint density at radius 2 is 2.17 bits per heavy atom. The van der Waals surface area contributed by atoms with Gasteiger partial charge < -0.3 is 15.0 Å². The maximum atomic E-state index is 12.7. The predicted octanol–water partition coefficient (Wildman–Crippen LogP) is 3.35. The van der Waals surface area contributed by atoms with Gasteiger partial charge >= 0.3 is 0 Å². The Bertz CT molecular complexity index is 709. The molecule has 5 nitrogen and oxygen atoms in total. The van der Waals surface area contributed by atoms with Gasteiger partial charge in [0.2, 0.25) is 0 Å². The van der Waals surface area contributed by atoms with Crippen molar-refractivity contribution in [3.05, 3.63) is 53.3 Å². The van der Waals surface area contributed by atoms with Gasteiger partial charge in [0, 0.05) is 37.1 Å². The van der Waals surface area contributed by atoms with Crippen molar-refractivity contribution in [2.45, 2.75) is 18.9 Å². The van der Waals surface area contributed by atoms with E-state index >= 15 is 0 Å². The molecule has 3 rings (SSSR count). The third-order valence-corrected chi connectivity index (χ3v) is 4.43. The van der Waals surface area contributed by atoms with Crippen LogP contribution < -0.4 is 10.1 Å². The highest BCUT2D eigenvalue weighted by Crippen LogP contribution is 2.31. The minimum absolute atomic E-state index is 0.0186. The summed E-state index contributed by atoms with van der Waals surface area (Å²) in [6.45, 7) is 1.60. The minimum Gasteiger partial charge on any atom is -0.456 e. The number of nitrogens with one attached hydrogen (secondary N) is 1. The molecule has 6 heteroatoms. The van der Waals surface area contributed by atoms with E-state index in [2.05, 4.69) is 10.3 Å². The number of aromatic nitrogens is 1. The van der Waals surface area contributed by atoms with Crippen LogP contribution in [0.4, 0.5) is 0 Å². The summed E-state index contributed by atoms with van der Waals surface area (Å²) in [6, 6.07) is 8.92. The highest BCUT2D eigenvalue weighted by Gasteiger charge is 2.29. The van der Waals surface area contributed by atoms with Crippen molar-refractivity contribution in [2.75, 3.05) is 20.1 Å². The van der Waals surface area contributed by atoms with Gasteiger partial charge in [0.05, 0.1) is 5.02 Å². The first-order chi connectivity index (χ1) is 11.7. The predicted molar refractivity (Wildman–Crippen MR) is 93.7 cm³/mol. The zero-order valence-corrected chi connectivity index (χ0v) is 14.3. The van der Waals surface area contributed by atoms with Gasteiger partial charge in [0.15, 0.2) is 0 Å². The fourth-order valence-corrected chi connectivity index (χ4v) is 3.19. The van der Waals surface area contributed by atoms with E-state index in [0.29, 0.717) is 22.1 Å². The zero-order valence-electron chi connectivity index (χ0n) is 13.5. The molecular formula is C18H20ClN3O2. The summed E-state index contributed by atoms with van der Waals surface area (Å²) in [5, 5.41) is 3.57. The summed E-state index contributed by atoms with van der Waals surface area (Å²) in [4.78, 5) is 18.6. The fourth-order valence-electron chi connectivity index (χ4n) is 2.97. The standard InChI is InChI=1S/C18H20ClN3O2/c1-20-12-14-3-2-10-22(14)18(23)13-4-5-17(16(19)11-13)24-15-6-8-21-9-7-15/h4-9,11,14,20H,2-3,10,12H2,1H3. The van der Waals surface area contributed by atoms with Crippen LogP contribution in [0.25, 0.3) is 0 Å². The van der Waals surface area contributed by atoms with E-state index in [1.165, 1.54) is 0 Å². The lowest BCUT2D eigenvalue weighted by Crippen LogP contribution is -2.40. The lowest BCUT2D eigenvalue weighted by atomic mass is 10.1. The first kappa shape index (κ1) is 16.7. The molecule has 1 fully saturated rings. The van der Waals surface area contributed by atoms with Crippen LogP contribution >= 0.6 is 11.6 Å². The third kappa shape index (κ3) is 3.68. The smallest absolute Gasteiger partial charge is 0.254 e. The van der Waals surface area contributed by atoms with Gasteiger partial charge in [-0.1, -0.05) is 11.6 Å². The first-order valence-electron chi connectivity index (χ1n) is 8.02. The van der Waals surface area contributed by atoms with Gasteiger partial charge in [-0.2, -0.15) is 0 Å². The number of carbonyl (C=O) groups excluding carboxylic acids is 1. The van der Waals surface area contributed by atoms with Crippen molar-refractivity contribution in [1.29, 1.82) is 0 Å². The third-order valence-electron chi connectivity index (χ3n) is 4.13. The summed E-state index contributed by atoms with van der Waals surface area (Å²) in [5.74, 6) is 1.19. The van der Waals surface area contributed by atoms with Crippen LogP contribution in [0.15, 0.2) is 42.7 Å². The number of rotatable bonds is 5. The number of benzene rings is 1. The molecule has 0 radical (unpaired) electrons. The Kier molecular flexibility index (Phi) is 5.33. The number of hydrogen-bond donors (Lipinski definition) is 1. The first-order valence-corrected chi connectivity index (χ1v) is 8.40. The normalized spacial score (nSPS) is 17.1. The van der Waals surface area contributed by atoms with Gasteiger partial charge in [-0.25, -0.2) is 0 Å². The second-order valence-corrected chi connectivity index (χ2v) is 6.19.